The normalized spacial score (nSPS) is 10.9. The monoisotopic (exact) mass is 357 g/mol. The average Bonchev–Trinajstić information content (AvgIpc) is 2.63. The summed E-state index contributed by atoms with van der Waals surface area (Å²) in [5.74, 6) is -1.11. The highest BCUT2D eigenvalue weighted by Gasteiger charge is 2.20. The first kappa shape index (κ1) is 17.5. The molecule has 2 aromatic heterocycles. The number of hydrogen-bond donors (Lipinski definition) is 0. The molecule has 0 aliphatic rings. The lowest BCUT2D eigenvalue weighted by molar-refractivity contribution is 0.0602. The van der Waals surface area contributed by atoms with Crippen LogP contribution in [-0.4, -0.2) is 27.2 Å². The molecule has 3 aromatic rings. The zero-order chi connectivity index (χ0) is 19.0. The Morgan fingerprint density at radius 3 is 2.50 bits per heavy atom. The van der Waals surface area contributed by atoms with Crippen LogP contribution in [0.15, 0.2) is 39.9 Å². The van der Waals surface area contributed by atoms with Gasteiger partial charge in [0.1, 0.15) is 11.5 Å². The van der Waals surface area contributed by atoms with E-state index in [9.17, 15) is 18.8 Å². The topological polar surface area (TPSA) is 83.2 Å². The van der Waals surface area contributed by atoms with Crippen LogP contribution in [0.2, 0.25) is 0 Å². The molecule has 0 saturated heterocycles. The van der Waals surface area contributed by atoms with Gasteiger partial charge in [-0.1, -0.05) is 12.1 Å². The second kappa shape index (κ2) is 6.55. The van der Waals surface area contributed by atoms with Gasteiger partial charge in [-0.2, -0.15) is 0 Å². The molecule has 0 aliphatic heterocycles. The lowest BCUT2D eigenvalue weighted by Crippen LogP contribution is -2.40. The van der Waals surface area contributed by atoms with Gasteiger partial charge in [-0.05, 0) is 30.7 Å². The Kier molecular flexibility index (Phi) is 4.41. The SMILES string of the molecule is COC(=O)c1cc(C)nc2c1c(=O)n(Cc1ccc(F)cc1)c(=O)n2C. The third kappa shape index (κ3) is 2.90. The number of halogens is 1. The number of rotatable bonds is 3. The van der Waals surface area contributed by atoms with Crippen molar-refractivity contribution < 1.29 is 13.9 Å². The van der Waals surface area contributed by atoms with E-state index in [1.54, 1.807) is 6.92 Å². The number of pyridine rings is 1. The van der Waals surface area contributed by atoms with Gasteiger partial charge in [-0.3, -0.25) is 13.9 Å². The van der Waals surface area contributed by atoms with Crippen LogP contribution >= 0.6 is 0 Å². The molecule has 0 atom stereocenters. The molecule has 26 heavy (non-hydrogen) atoms. The number of methoxy groups -OCH3 is 1. The molecular formula is C18H16FN3O4. The van der Waals surface area contributed by atoms with Gasteiger partial charge in [-0.25, -0.2) is 19.0 Å². The van der Waals surface area contributed by atoms with Gasteiger partial charge >= 0.3 is 11.7 Å². The summed E-state index contributed by atoms with van der Waals surface area (Å²) in [6.45, 7) is 1.59. The minimum atomic E-state index is -0.690. The first-order chi connectivity index (χ1) is 12.3. The summed E-state index contributed by atoms with van der Waals surface area (Å²) in [4.78, 5) is 41.9. The molecule has 0 radical (unpaired) electrons. The Bertz CT molecular complexity index is 1130. The number of fused-ring (bicyclic) bond motifs is 1. The predicted octanol–water partition coefficient (Wildman–Crippen LogP) is 1.38. The molecule has 0 N–H and O–H groups in total. The quantitative estimate of drug-likeness (QED) is 0.661. The molecule has 0 amide bonds. The lowest BCUT2D eigenvalue weighted by atomic mass is 10.1. The zero-order valence-electron chi connectivity index (χ0n) is 14.4. The van der Waals surface area contributed by atoms with E-state index in [-0.39, 0.29) is 23.1 Å². The summed E-state index contributed by atoms with van der Waals surface area (Å²) in [7, 11) is 2.68. The van der Waals surface area contributed by atoms with Crippen molar-refractivity contribution in [2.24, 2.45) is 7.05 Å². The van der Waals surface area contributed by atoms with Gasteiger partial charge in [0.25, 0.3) is 5.56 Å². The number of benzene rings is 1. The highest BCUT2D eigenvalue weighted by molar-refractivity contribution is 6.02. The van der Waals surface area contributed by atoms with E-state index in [4.69, 9.17) is 4.74 Å². The van der Waals surface area contributed by atoms with E-state index in [0.717, 1.165) is 4.57 Å². The van der Waals surface area contributed by atoms with Crippen LogP contribution in [0, 0.1) is 12.7 Å². The molecule has 0 fully saturated rings. The Labute approximate surface area is 147 Å². The van der Waals surface area contributed by atoms with E-state index in [0.29, 0.717) is 11.3 Å². The summed E-state index contributed by atoms with van der Waals surface area (Å²) < 4.78 is 20.0. The third-order valence-corrected chi connectivity index (χ3v) is 4.08. The fourth-order valence-electron chi connectivity index (χ4n) is 2.79. The average molecular weight is 357 g/mol. The highest BCUT2D eigenvalue weighted by Crippen LogP contribution is 2.15. The summed E-state index contributed by atoms with van der Waals surface area (Å²) >= 11 is 0. The van der Waals surface area contributed by atoms with Crippen molar-refractivity contribution in [3.05, 3.63) is 73.8 Å². The van der Waals surface area contributed by atoms with Crippen molar-refractivity contribution in [3.8, 4) is 0 Å². The number of hydrogen-bond acceptors (Lipinski definition) is 5. The number of carbonyl (C=O) groups excluding carboxylic acids is 1. The van der Waals surface area contributed by atoms with Gasteiger partial charge in [0.15, 0.2) is 0 Å². The second-order valence-electron chi connectivity index (χ2n) is 5.86. The van der Waals surface area contributed by atoms with Crippen LogP contribution in [-0.2, 0) is 18.3 Å². The summed E-state index contributed by atoms with van der Waals surface area (Å²) in [6, 6.07) is 6.91. The van der Waals surface area contributed by atoms with Crippen molar-refractivity contribution in [2.45, 2.75) is 13.5 Å². The van der Waals surface area contributed by atoms with Crippen molar-refractivity contribution in [3.63, 3.8) is 0 Å². The Morgan fingerprint density at radius 1 is 1.23 bits per heavy atom. The maximum atomic E-state index is 13.1. The molecule has 8 heteroatoms. The van der Waals surface area contributed by atoms with Crippen LogP contribution in [0.1, 0.15) is 21.6 Å². The van der Waals surface area contributed by atoms with Crippen LogP contribution < -0.4 is 11.2 Å². The number of aromatic nitrogens is 3. The number of ether oxygens (including phenoxy) is 1. The van der Waals surface area contributed by atoms with Crippen molar-refractivity contribution in [1.29, 1.82) is 0 Å². The second-order valence-corrected chi connectivity index (χ2v) is 5.86. The van der Waals surface area contributed by atoms with Gasteiger partial charge in [0.2, 0.25) is 0 Å². The Hall–Kier alpha value is -3.29. The molecule has 0 bridgehead atoms. The van der Waals surface area contributed by atoms with Gasteiger partial charge < -0.3 is 4.74 Å². The van der Waals surface area contributed by atoms with Gasteiger partial charge in [0, 0.05) is 12.7 Å². The Balaban J connectivity index is 2.33. The van der Waals surface area contributed by atoms with Crippen molar-refractivity contribution in [1.82, 2.24) is 14.1 Å². The highest BCUT2D eigenvalue weighted by atomic mass is 19.1. The summed E-state index contributed by atoms with van der Waals surface area (Å²) in [5, 5.41) is 0.00617. The molecule has 7 nitrogen and oxygen atoms in total. The largest absolute Gasteiger partial charge is 0.465 e. The van der Waals surface area contributed by atoms with Crippen LogP contribution in [0.3, 0.4) is 0 Å². The molecule has 0 aliphatic carbocycles. The number of esters is 1. The van der Waals surface area contributed by atoms with Crippen LogP contribution in [0.5, 0.6) is 0 Å². The zero-order valence-corrected chi connectivity index (χ0v) is 14.4. The van der Waals surface area contributed by atoms with Crippen molar-refractivity contribution in [2.75, 3.05) is 7.11 Å². The molecule has 0 saturated carbocycles. The fourth-order valence-corrected chi connectivity index (χ4v) is 2.79. The molecule has 0 unspecified atom stereocenters. The van der Waals surface area contributed by atoms with Gasteiger partial charge in [-0.15, -0.1) is 0 Å². The molecule has 0 spiro atoms. The predicted molar refractivity (Wildman–Crippen MR) is 92.8 cm³/mol. The molecule has 134 valence electrons. The van der Waals surface area contributed by atoms with E-state index in [1.807, 2.05) is 0 Å². The number of aryl methyl sites for hydroxylation is 2. The summed E-state index contributed by atoms with van der Waals surface area (Å²) in [6.07, 6.45) is 0. The Morgan fingerprint density at radius 2 is 1.88 bits per heavy atom. The first-order valence-electron chi connectivity index (χ1n) is 7.77. The first-order valence-corrected chi connectivity index (χ1v) is 7.77. The lowest BCUT2D eigenvalue weighted by Gasteiger charge is -2.13. The van der Waals surface area contributed by atoms with Crippen molar-refractivity contribution >= 4 is 17.0 Å². The molecule has 2 heterocycles. The molecular weight excluding hydrogens is 341 g/mol. The van der Waals surface area contributed by atoms with E-state index in [1.165, 1.54) is 49.1 Å². The van der Waals surface area contributed by atoms with Crippen LogP contribution in [0.25, 0.3) is 11.0 Å². The smallest absolute Gasteiger partial charge is 0.338 e. The minimum Gasteiger partial charge on any atom is -0.465 e. The van der Waals surface area contributed by atoms with E-state index >= 15 is 0 Å². The fraction of sp³-hybridized carbons (Fsp3) is 0.222. The minimum absolute atomic E-state index is 0.00617. The van der Waals surface area contributed by atoms with Gasteiger partial charge in [0.05, 0.1) is 24.6 Å². The maximum Gasteiger partial charge on any atom is 0.338 e. The number of carbonyl (C=O) groups is 1. The number of nitrogens with zero attached hydrogens (tertiary/aromatic N) is 3. The summed E-state index contributed by atoms with van der Waals surface area (Å²) in [5.41, 5.74) is -0.0338. The standard InChI is InChI=1S/C18H16FN3O4/c1-10-8-13(17(24)26-3)14-15(20-10)21(2)18(25)22(16(14)23)9-11-4-6-12(19)7-5-11/h4-8H,9H2,1-3H3. The molecule has 1 aromatic carbocycles. The van der Waals surface area contributed by atoms with Crippen LogP contribution in [0.4, 0.5) is 4.39 Å². The maximum absolute atomic E-state index is 13.1. The third-order valence-electron chi connectivity index (χ3n) is 4.08. The van der Waals surface area contributed by atoms with E-state index < -0.39 is 23.0 Å². The molecule has 3 rings (SSSR count). The van der Waals surface area contributed by atoms with E-state index in [2.05, 4.69) is 4.98 Å².